The molecule has 2 heterocycles. The van der Waals surface area contributed by atoms with E-state index in [0.29, 0.717) is 17.1 Å². The number of carbonyl (C=O) groups is 1. The van der Waals surface area contributed by atoms with Gasteiger partial charge in [-0.15, -0.1) is 0 Å². The van der Waals surface area contributed by atoms with Crippen LogP contribution in [0.2, 0.25) is 5.02 Å². The quantitative estimate of drug-likeness (QED) is 0.593. The zero-order valence-corrected chi connectivity index (χ0v) is 19.0. The van der Waals surface area contributed by atoms with E-state index in [-0.39, 0.29) is 12.0 Å². The minimum Gasteiger partial charge on any atom is -0.489 e. The lowest BCUT2D eigenvalue weighted by atomic mass is 9.89. The lowest BCUT2D eigenvalue weighted by Crippen LogP contribution is -2.44. The molecule has 1 aliphatic carbocycles. The van der Waals surface area contributed by atoms with E-state index in [1.54, 1.807) is 0 Å². The van der Waals surface area contributed by atoms with Gasteiger partial charge in [0.1, 0.15) is 5.75 Å². The van der Waals surface area contributed by atoms with Crippen LogP contribution in [-0.4, -0.2) is 34.2 Å². The molecule has 3 fully saturated rings. The molecule has 2 aromatic rings. The van der Waals surface area contributed by atoms with Crippen LogP contribution in [0.25, 0.3) is 10.8 Å². The predicted octanol–water partition coefficient (Wildman–Crippen LogP) is 6.28. The van der Waals surface area contributed by atoms with Gasteiger partial charge in [0.05, 0.1) is 17.0 Å². The molecule has 5 heteroatoms. The fourth-order valence-corrected chi connectivity index (χ4v) is 6.24. The van der Waals surface area contributed by atoms with Crippen LogP contribution in [0.4, 0.5) is 0 Å². The van der Waals surface area contributed by atoms with Crippen molar-refractivity contribution in [1.29, 1.82) is 0 Å². The van der Waals surface area contributed by atoms with Crippen molar-refractivity contribution in [2.45, 2.75) is 83.0 Å². The average Bonchev–Trinajstić information content (AvgIpc) is 2.98. The lowest BCUT2D eigenvalue weighted by Gasteiger charge is -2.37. The average molecular weight is 442 g/mol. The van der Waals surface area contributed by atoms with Gasteiger partial charge in [-0.1, -0.05) is 36.7 Å². The molecule has 3 aliphatic rings. The van der Waals surface area contributed by atoms with Gasteiger partial charge in [0.15, 0.2) is 0 Å². The summed E-state index contributed by atoms with van der Waals surface area (Å²) >= 11 is 6.82. The van der Waals surface area contributed by atoms with Gasteiger partial charge in [-0.3, -0.25) is 9.69 Å². The number of piperidine rings is 1. The van der Waals surface area contributed by atoms with Gasteiger partial charge in [0.2, 0.25) is 0 Å². The SMILES string of the molecule is C[C@H]1CC[C@@H](Oc2ccc3ccc(CN4C5CCC4CC(C(=O)O)C5)cc3c2Cl)CC1. The minimum atomic E-state index is -0.631. The highest BCUT2D eigenvalue weighted by atomic mass is 35.5. The van der Waals surface area contributed by atoms with Gasteiger partial charge in [0.25, 0.3) is 0 Å². The Morgan fingerprint density at radius 2 is 1.74 bits per heavy atom. The first kappa shape index (κ1) is 21.1. The molecular weight excluding hydrogens is 410 g/mol. The van der Waals surface area contributed by atoms with Crippen LogP contribution in [0.5, 0.6) is 5.75 Å². The van der Waals surface area contributed by atoms with E-state index >= 15 is 0 Å². The van der Waals surface area contributed by atoms with Gasteiger partial charge < -0.3 is 9.84 Å². The van der Waals surface area contributed by atoms with Crippen LogP contribution >= 0.6 is 11.6 Å². The molecule has 5 rings (SSSR count). The Labute approximate surface area is 189 Å². The van der Waals surface area contributed by atoms with Crippen LogP contribution < -0.4 is 4.74 Å². The molecule has 166 valence electrons. The molecule has 2 unspecified atom stereocenters. The van der Waals surface area contributed by atoms with E-state index in [1.165, 1.54) is 18.4 Å². The van der Waals surface area contributed by atoms with Gasteiger partial charge in [-0.05, 0) is 80.4 Å². The third-order valence-electron chi connectivity index (χ3n) is 7.84. The van der Waals surface area contributed by atoms with Crippen molar-refractivity contribution in [3.05, 3.63) is 40.9 Å². The molecule has 2 saturated heterocycles. The van der Waals surface area contributed by atoms with Gasteiger partial charge >= 0.3 is 5.97 Å². The summed E-state index contributed by atoms with van der Waals surface area (Å²) in [5.41, 5.74) is 1.24. The molecule has 0 aromatic heterocycles. The van der Waals surface area contributed by atoms with Crippen LogP contribution in [-0.2, 0) is 11.3 Å². The van der Waals surface area contributed by atoms with Crippen molar-refractivity contribution < 1.29 is 14.6 Å². The molecule has 0 amide bonds. The first-order valence-corrected chi connectivity index (χ1v) is 12.2. The maximum atomic E-state index is 11.5. The summed E-state index contributed by atoms with van der Waals surface area (Å²) in [6.45, 7) is 3.18. The minimum absolute atomic E-state index is 0.178. The summed E-state index contributed by atoms with van der Waals surface area (Å²) in [6.07, 6.45) is 8.69. The molecule has 1 saturated carbocycles. The van der Waals surface area contributed by atoms with E-state index in [4.69, 9.17) is 16.3 Å². The van der Waals surface area contributed by atoms with Crippen LogP contribution in [0, 0.1) is 11.8 Å². The van der Waals surface area contributed by atoms with Crippen molar-refractivity contribution in [3.63, 3.8) is 0 Å². The lowest BCUT2D eigenvalue weighted by molar-refractivity contribution is -0.144. The van der Waals surface area contributed by atoms with Gasteiger partial charge in [-0.25, -0.2) is 0 Å². The highest BCUT2D eigenvalue weighted by Gasteiger charge is 2.42. The van der Waals surface area contributed by atoms with Crippen LogP contribution in [0.1, 0.15) is 63.9 Å². The zero-order chi connectivity index (χ0) is 21.5. The number of carboxylic acid groups (broad SMARTS) is 1. The second-order valence-electron chi connectivity index (χ2n) is 10.00. The maximum absolute atomic E-state index is 11.5. The van der Waals surface area contributed by atoms with E-state index in [9.17, 15) is 9.90 Å². The summed E-state index contributed by atoms with van der Waals surface area (Å²) in [4.78, 5) is 14.0. The van der Waals surface area contributed by atoms with E-state index < -0.39 is 5.97 Å². The van der Waals surface area contributed by atoms with Crippen LogP contribution in [0.15, 0.2) is 30.3 Å². The third-order valence-corrected chi connectivity index (χ3v) is 8.23. The number of hydrogen-bond acceptors (Lipinski definition) is 3. The number of benzene rings is 2. The monoisotopic (exact) mass is 441 g/mol. The normalized spacial score (nSPS) is 31.1. The summed E-state index contributed by atoms with van der Waals surface area (Å²) in [5.74, 6) is 0.787. The van der Waals surface area contributed by atoms with E-state index in [2.05, 4.69) is 36.1 Å². The zero-order valence-electron chi connectivity index (χ0n) is 18.2. The molecule has 2 aromatic carbocycles. The molecule has 2 aliphatic heterocycles. The van der Waals surface area contributed by atoms with Crippen molar-refractivity contribution >= 4 is 28.3 Å². The Balaban J connectivity index is 1.34. The molecule has 31 heavy (non-hydrogen) atoms. The summed E-state index contributed by atoms with van der Waals surface area (Å²) in [5, 5.41) is 12.3. The van der Waals surface area contributed by atoms with Crippen LogP contribution in [0.3, 0.4) is 0 Å². The summed E-state index contributed by atoms with van der Waals surface area (Å²) in [6, 6.07) is 11.4. The molecule has 2 atom stereocenters. The van der Waals surface area contributed by atoms with E-state index in [0.717, 1.165) is 67.5 Å². The molecule has 1 N–H and O–H groups in total. The fraction of sp³-hybridized carbons (Fsp3) is 0.577. The molecule has 0 spiro atoms. The molecule has 4 nitrogen and oxygen atoms in total. The highest BCUT2D eigenvalue weighted by Crippen LogP contribution is 2.41. The molecule has 2 bridgehead atoms. The molecule has 0 radical (unpaired) electrons. The smallest absolute Gasteiger partial charge is 0.306 e. The van der Waals surface area contributed by atoms with Crippen molar-refractivity contribution in [2.75, 3.05) is 0 Å². The first-order valence-electron chi connectivity index (χ1n) is 11.8. The molecular formula is C26H32ClNO3. The van der Waals surface area contributed by atoms with Crippen molar-refractivity contribution in [2.24, 2.45) is 11.8 Å². The number of aliphatic carboxylic acids is 1. The summed E-state index contributed by atoms with van der Waals surface area (Å²) < 4.78 is 6.31. The number of nitrogens with zero attached hydrogens (tertiary/aromatic N) is 1. The first-order chi connectivity index (χ1) is 15.0. The maximum Gasteiger partial charge on any atom is 0.306 e. The van der Waals surface area contributed by atoms with E-state index in [1.807, 2.05) is 6.07 Å². The van der Waals surface area contributed by atoms with Crippen molar-refractivity contribution in [1.82, 2.24) is 4.90 Å². The number of ether oxygens (including phenoxy) is 1. The number of halogens is 1. The second kappa shape index (κ2) is 8.63. The Kier molecular flexibility index (Phi) is 5.87. The number of carboxylic acids is 1. The highest BCUT2D eigenvalue weighted by molar-refractivity contribution is 6.37. The number of fused-ring (bicyclic) bond motifs is 3. The predicted molar refractivity (Wildman–Crippen MR) is 124 cm³/mol. The third kappa shape index (κ3) is 4.29. The Bertz CT molecular complexity index is 955. The second-order valence-corrected chi connectivity index (χ2v) is 10.4. The van der Waals surface area contributed by atoms with Crippen molar-refractivity contribution in [3.8, 4) is 5.75 Å². The Hall–Kier alpha value is -1.78. The largest absolute Gasteiger partial charge is 0.489 e. The standard InChI is InChI=1S/C26H32ClNO3/c1-16-2-9-22(10-3-16)31-24-11-6-18-5-4-17(12-23(18)25(24)27)15-28-20-7-8-21(28)14-19(13-20)26(29)30/h4-6,11-12,16,19-22H,2-3,7-10,13-15H2,1H3,(H,29,30)/t16-,19?,20?,21?,22+. The van der Waals surface area contributed by atoms with Gasteiger partial charge in [0, 0.05) is 24.0 Å². The Morgan fingerprint density at radius 3 is 2.42 bits per heavy atom. The fourth-order valence-electron chi connectivity index (χ4n) is 5.97. The summed E-state index contributed by atoms with van der Waals surface area (Å²) in [7, 11) is 0. The number of rotatable bonds is 5. The topological polar surface area (TPSA) is 49.8 Å². The Morgan fingerprint density at radius 1 is 1.06 bits per heavy atom. The van der Waals surface area contributed by atoms with Gasteiger partial charge in [-0.2, -0.15) is 0 Å². The number of hydrogen-bond donors (Lipinski definition) is 1.